The number of nitrogen functional groups attached to an aromatic ring is 1. The molecule has 0 saturated carbocycles. The zero-order valence-corrected chi connectivity index (χ0v) is 17.4. The minimum absolute atomic E-state index is 0.104. The maximum absolute atomic E-state index is 12.2. The number of nitrogens with one attached hydrogen (secondary N) is 1. The number of thiazole rings is 1. The van der Waals surface area contributed by atoms with Crippen LogP contribution in [-0.4, -0.2) is 44.1 Å². The number of aromatic nitrogens is 4. The van der Waals surface area contributed by atoms with Crippen molar-refractivity contribution in [1.29, 1.82) is 0 Å². The summed E-state index contributed by atoms with van der Waals surface area (Å²) in [5.74, 6) is 6.26. The van der Waals surface area contributed by atoms with Gasteiger partial charge in [0.25, 0.3) is 0 Å². The minimum atomic E-state index is -0.423. The molecule has 0 aromatic carbocycles. The molecule has 0 aliphatic rings. The lowest BCUT2D eigenvalue weighted by Crippen LogP contribution is -2.17. The molecule has 0 spiro atoms. The van der Waals surface area contributed by atoms with Gasteiger partial charge in [0, 0.05) is 6.42 Å². The molecule has 2 aromatic rings. The first-order chi connectivity index (χ1) is 12.8. The topological polar surface area (TPSA) is 125 Å². The van der Waals surface area contributed by atoms with Crippen LogP contribution in [0, 0.1) is 12.8 Å². The molecule has 0 saturated heterocycles. The standard InChI is InChI=1S/C16H24N6O3S2/c1-5-6-11-20-21-16(22(11)17)26-8-12(23)19-15-18-10(4)13(27-15)14(24)25-7-9(2)3/h9H,5-8,17H2,1-4H3,(H,18,19,23). The van der Waals surface area contributed by atoms with E-state index in [1.165, 1.54) is 16.4 Å². The maximum atomic E-state index is 12.2. The first-order valence-electron chi connectivity index (χ1n) is 8.58. The fraction of sp³-hybridized carbons (Fsp3) is 0.562. The SMILES string of the molecule is CCCc1nnc(SCC(=O)Nc2nc(C)c(C(=O)OCC(C)C)s2)n1N. The Morgan fingerprint density at radius 1 is 1.37 bits per heavy atom. The van der Waals surface area contributed by atoms with Crippen LogP contribution in [0.1, 0.15) is 48.4 Å². The van der Waals surface area contributed by atoms with Gasteiger partial charge in [0.05, 0.1) is 18.1 Å². The highest BCUT2D eigenvalue weighted by Gasteiger charge is 2.19. The van der Waals surface area contributed by atoms with Crippen LogP contribution in [0.4, 0.5) is 5.13 Å². The summed E-state index contributed by atoms with van der Waals surface area (Å²) < 4.78 is 6.61. The molecule has 0 unspecified atom stereocenters. The number of carbonyl (C=O) groups is 2. The van der Waals surface area contributed by atoms with Crippen molar-refractivity contribution in [2.75, 3.05) is 23.5 Å². The lowest BCUT2D eigenvalue weighted by molar-refractivity contribution is -0.113. The fourth-order valence-electron chi connectivity index (χ4n) is 2.03. The number of ether oxygens (including phenoxy) is 1. The van der Waals surface area contributed by atoms with Crippen molar-refractivity contribution in [1.82, 2.24) is 19.9 Å². The van der Waals surface area contributed by atoms with Crippen molar-refractivity contribution in [2.45, 2.75) is 45.7 Å². The molecular formula is C16H24N6O3S2. The molecule has 2 heterocycles. The average Bonchev–Trinajstić information content (AvgIpc) is 3.14. The number of hydrogen-bond acceptors (Lipinski definition) is 9. The van der Waals surface area contributed by atoms with Crippen LogP contribution in [0.2, 0.25) is 0 Å². The third-order valence-corrected chi connectivity index (χ3v) is 5.31. The molecule has 0 aliphatic carbocycles. The molecule has 0 radical (unpaired) electrons. The summed E-state index contributed by atoms with van der Waals surface area (Å²) in [5, 5.41) is 11.5. The zero-order valence-electron chi connectivity index (χ0n) is 15.8. The Morgan fingerprint density at radius 2 is 2.11 bits per heavy atom. The monoisotopic (exact) mass is 412 g/mol. The van der Waals surface area contributed by atoms with Crippen molar-refractivity contribution in [3.8, 4) is 0 Å². The van der Waals surface area contributed by atoms with E-state index in [0.717, 1.165) is 24.2 Å². The first-order valence-corrected chi connectivity index (χ1v) is 10.4. The number of nitrogens with two attached hydrogens (primary N) is 1. The molecule has 0 atom stereocenters. The van der Waals surface area contributed by atoms with Gasteiger partial charge < -0.3 is 15.9 Å². The number of amides is 1. The zero-order chi connectivity index (χ0) is 20.0. The number of aryl methyl sites for hydroxylation is 2. The van der Waals surface area contributed by atoms with Gasteiger partial charge in [-0.25, -0.2) is 14.5 Å². The normalized spacial score (nSPS) is 11.0. The lowest BCUT2D eigenvalue weighted by atomic mass is 10.2. The van der Waals surface area contributed by atoms with Crippen LogP contribution in [0.25, 0.3) is 0 Å². The molecule has 0 fully saturated rings. The van der Waals surface area contributed by atoms with E-state index in [1.807, 2.05) is 20.8 Å². The van der Waals surface area contributed by atoms with E-state index in [4.69, 9.17) is 10.6 Å². The molecule has 0 aliphatic heterocycles. The van der Waals surface area contributed by atoms with E-state index < -0.39 is 5.97 Å². The van der Waals surface area contributed by atoms with Crippen molar-refractivity contribution < 1.29 is 14.3 Å². The van der Waals surface area contributed by atoms with Crippen molar-refractivity contribution >= 4 is 40.1 Å². The van der Waals surface area contributed by atoms with Crippen LogP contribution >= 0.6 is 23.1 Å². The van der Waals surface area contributed by atoms with Crippen molar-refractivity contribution in [2.24, 2.45) is 5.92 Å². The van der Waals surface area contributed by atoms with E-state index in [-0.39, 0.29) is 17.6 Å². The second-order valence-electron chi connectivity index (χ2n) is 6.28. The molecule has 2 rings (SSSR count). The van der Waals surface area contributed by atoms with Gasteiger partial charge in [-0.05, 0) is 19.3 Å². The van der Waals surface area contributed by atoms with Crippen molar-refractivity contribution in [3.63, 3.8) is 0 Å². The van der Waals surface area contributed by atoms with Gasteiger partial charge in [-0.2, -0.15) is 0 Å². The highest BCUT2D eigenvalue weighted by molar-refractivity contribution is 7.99. The maximum Gasteiger partial charge on any atom is 0.350 e. The van der Waals surface area contributed by atoms with E-state index in [2.05, 4.69) is 20.5 Å². The summed E-state index contributed by atoms with van der Waals surface area (Å²) in [6.45, 7) is 8.00. The highest BCUT2D eigenvalue weighted by atomic mass is 32.2. The molecule has 0 bridgehead atoms. The molecule has 1 amide bonds. The van der Waals surface area contributed by atoms with Crippen molar-refractivity contribution in [3.05, 3.63) is 16.4 Å². The van der Waals surface area contributed by atoms with Crippen LogP contribution in [0.15, 0.2) is 5.16 Å². The Hall–Kier alpha value is -2.14. The van der Waals surface area contributed by atoms with E-state index in [0.29, 0.717) is 33.3 Å². The molecule has 148 valence electrons. The smallest absolute Gasteiger partial charge is 0.350 e. The number of carbonyl (C=O) groups excluding carboxylic acids is 2. The fourth-order valence-corrected chi connectivity index (χ4v) is 3.58. The predicted octanol–water partition coefficient (Wildman–Crippen LogP) is 2.25. The number of esters is 1. The molecule has 2 aromatic heterocycles. The van der Waals surface area contributed by atoms with Gasteiger partial charge in [-0.3, -0.25) is 4.79 Å². The van der Waals surface area contributed by atoms with Gasteiger partial charge in [0.1, 0.15) is 4.88 Å². The molecule has 11 heteroatoms. The summed E-state index contributed by atoms with van der Waals surface area (Å²) in [6.07, 6.45) is 1.64. The Balaban J connectivity index is 1.90. The van der Waals surface area contributed by atoms with Crippen LogP contribution < -0.4 is 11.2 Å². The van der Waals surface area contributed by atoms with Crippen LogP contribution in [-0.2, 0) is 16.0 Å². The van der Waals surface area contributed by atoms with E-state index >= 15 is 0 Å². The average molecular weight is 413 g/mol. The molecule has 3 N–H and O–H groups in total. The summed E-state index contributed by atoms with van der Waals surface area (Å²) in [7, 11) is 0. The van der Waals surface area contributed by atoms with E-state index in [1.54, 1.807) is 6.92 Å². The molecular weight excluding hydrogens is 388 g/mol. The van der Waals surface area contributed by atoms with Gasteiger partial charge in [-0.15, -0.1) is 10.2 Å². The number of thioether (sulfide) groups is 1. The van der Waals surface area contributed by atoms with Gasteiger partial charge in [0.2, 0.25) is 11.1 Å². The third kappa shape index (κ3) is 5.93. The lowest BCUT2D eigenvalue weighted by Gasteiger charge is -2.05. The van der Waals surface area contributed by atoms with Crippen LogP contribution in [0.5, 0.6) is 0 Å². The Bertz CT molecular complexity index is 802. The van der Waals surface area contributed by atoms with Gasteiger partial charge in [-0.1, -0.05) is 43.9 Å². The van der Waals surface area contributed by atoms with Gasteiger partial charge >= 0.3 is 5.97 Å². The summed E-state index contributed by atoms with van der Waals surface area (Å²) in [6, 6.07) is 0. The summed E-state index contributed by atoms with van der Waals surface area (Å²) in [5.41, 5.74) is 0.530. The summed E-state index contributed by atoms with van der Waals surface area (Å²) >= 11 is 2.29. The highest BCUT2D eigenvalue weighted by Crippen LogP contribution is 2.24. The second-order valence-corrected chi connectivity index (χ2v) is 8.22. The molecule has 27 heavy (non-hydrogen) atoms. The number of nitrogens with zero attached hydrogens (tertiary/aromatic N) is 4. The summed E-state index contributed by atoms with van der Waals surface area (Å²) in [4.78, 5) is 28.8. The number of hydrogen-bond donors (Lipinski definition) is 2. The predicted molar refractivity (Wildman–Crippen MR) is 105 cm³/mol. The number of rotatable bonds is 9. The van der Waals surface area contributed by atoms with Gasteiger partial charge in [0.15, 0.2) is 11.0 Å². The Morgan fingerprint density at radius 3 is 2.78 bits per heavy atom. The minimum Gasteiger partial charge on any atom is -0.461 e. The first kappa shape index (κ1) is 21.2. The number of anilines is 1. The third-order valence-electron chi connectivity index (χ3n) is 3.32. The second kappa shape index (κ2) is 9.70. The quantitative estimate of drug-likeness (QED) is 0.365. The Kier molecular flexibility index (Phi) is 7.60. The van der Waals surface area contributed by atoms with E-state index in [9.17, 15) is 9.59 Å². The molecule has 9 nitrogen and oxygen atoms in total. The Labute approximate surface area is 166 Å². The largest absolute Gasteiger partial charge is 0.461 e. The van der Waals surface area contributed by atoms with Crippen LogP contribution in [0.3, 0.4) is 0 Å².